The van der Waals surface area contributed by atoms with Crippen LogP contribution in [0.1, 0.15) is 21.9 Å². The van der Waals surface area contributed by atoms with Crippen LogP contribution in [-0.2, 0) is 11.3 Å². The summed E-state index contributed by atoms with van der Waals surface area (Å²) >= 11 is 1.51. The van der Waals surface area contributed by atoms with Crippen molar-refractivity contribution in [1.29, 1.82) is 0 Å². The Balaban J connectivity index is 1.82. The second kappa shape index (κ2) is 7.54. The van der Waals surface area contributed by atoms with E-state index in [-0.39, 0.29) is 12.5 Å². The molecule has 106 valence electrons. The molecule has 0 saturated carbocycles. The van der Waals surface area contributed by atoms with E-state index >= 15 is 0 Å². The number of carbonyl (C=O) groups is 1. The molecular weight excluding hydrogens is 266 g/mol. The molecule has 6 nitrogen and oxygen atoms in total. The lowest BCUT2D eigenvalue weighted by atomic mass is 10.4. The van der Waals surface area contributed by atoms with E-state index in [0.29, 0.717) is 18.7 Å². The van der Waals surface area contributed by atoms with Crippen LogP contribution in [-0.4, -0.2) is 60.4 Å². The van der Waals surface area contributed by atoms with Crippen LogP contribution in [0, 0.1) is 0 Å². The van der Waals surface area contributed by atoms with Crippen molar-refractivity contribution < 1.29 is 14.6 Å². The van der Waals surface area contributed by atoms with Gasteiger partial charge in [-0.3, -0.25) is 9.69 Å². The molecule has 0 aliphatic carbocycles. The normalized spacial score (nSPS) is 16.5. The second-order valence-corrected chi connectivity index (χ2v) is 5.29. The quantitative estimate of drug-likeness (QED) is 0.725. The summed E-state index contributed by atoms with van der Waals surface area (Å²) in [4.78, 5) is 18.4. The molecule has 1 aliphatic rings. The Morgan fingerprint density at radius 3 is 3.05 bits per heavy atom. The third-order valence-electron chi connectivity index (χ3n) is 2.87. The van der Waals surface area contributed by atoms with Gasteiger partial charge < -0.3 is 15.2 Å². The van der Waals surface area contributed by atoms with Crippen molar-refractivity contribution in [1.82, 2.24) is 15.2 Å². The first-order valence-electron chi connectivity index (χ1n) is 6.43. The Morgan fingerprint density at radius 2 is 2.32 bits per heavy atom. The van der Waals surface area contributed by atoms with Crippen molar-refractivity contribution in [2.24, 2.45) is 0 Å². The lowest BCUT2D eigenvalue weighted by Crippen LogP contribution is -2.35. The zero-order valence-electron chi connectivity index (χ0n) is 10.8. The highest BCUT2D eigenvalue weighted by atomic mass is 32.1. The number of aliphatic hydroxyl groups excluding tert-OH is 1. The highest BCUT2D eigenvalue weighted by Gasteiger charge is 2.14. The minimum absolute atomic E-state index is 0.0830. The SMILES string of the molecule is O=C(NCCCO)c1csc(CN2CCOCC2)n1. The fraction of sp³-hybridized carbons (Fsp3) is 0.667. The molecule has 1 amide bonds. The number of aliphatic hydroxyl groups is 1. The number of hydrogen-bond donors (Lipinski definition) is 2. The molecule has 0 spiro atoms. The summed E-state index contributed by atoms with van der Waals surface area (Å²) in [5.41, 5.74) is 0.464. The summed E-state index contributed by atoms with van der Waals surface area (Å²) in [6.07, 6.45) is 0.566. The summed E-state index contributed by atoms with van der Waals surface area (Å²) in [7, 11) is 0. The maximum atomic E-state index is 11.7. The van der Waals surface area contributed by atoms with Crippen LogP contribution in [0.5, 0.6) is 0 Å². The van der Waals surface area contributed by atoms with Gasteiger partial charge in [0.05, 0.1) is 19.8 Å². The molecule has 1 aromatic rings. The maximum absolute atomic E-state index is 11.7. The molecule has 7 heteroatoms. The molecule has 1 aromatic heterocycles. The van der Waals surface area contributed by atoms with E-state index in [1.807, 2.05) is 0 Å². The number of ether oxygens (including phenoxy) is 1. The molecule has 0 aromatic carbocycles. The molecule has 1 saturated heterocycles. The average molecular weight is 285 g/mol. The van der Waals surface area contributed by atoms with Crippen molar-refractivity contribution in [2.45, 2.75) is 13.0 Å². The van der Waals surface area contributed by atoms with E-state index in [2.05, 4.69) is 15.2 Å². The number of hydrogen-bond acceptors (Lipinski definition) is 6. The topological polar surface area (TPSA) is 74.7 Å². The molecule has 2 heterocycles. The predicted molar refractivity (Wildman–Crippen MR) is 72.2 cm³/mol. The van der Waals surface area contributed by atoms with Crippen molar-refractivity contribution in [2.75, 3.05) is 39.5 Å². The Morgan fingerprint density at radius 1 is 1.53 bits per heavy atom. The fourth-order valence-corrected chi connectivity index (χ4v) is 2.63. The summed E-state index contributed by atoms with van der Waals surface area (Å²) in [5, 5.41) is 14.1. The first-order chi connectivity index (χ1) is 9.29. The molecule has 2 N–H and O–H groups in total. The van der Waals surface area contributed by atoms with Crippen LogP contribution in [0.2, 0.25) is 0 Å². The van der Waals surface area contributed by atoms with Gasteiger partial charge in [0.1, 0.15) is 10.7 Å². The zero-order valence-corrected chi connectivity index (χ0v) is 11.6. The number of amides is 1. The number of morpholine rings is 1. The minimum Gasteiger partial charge on any atom is -0.396 e. The Bertz CT molecular complexity index is 405. The van der Waals surface area contributed by atoms with Gasteiger partial charge in [-0.05, 0) is 6.42 Å². The zero-order chi connectivity index (χ0) is 13.5. The van der Waals surface area contributed by atoms with Gasteiger partial charge in [0, 0.05) is 31.6 Å². The number of nitrogens with one attached hydrogen (secondary N) is 1. The monoisotopic (exact) mass is 285 g/mol. The molecular formula is C12H19N3O3S. The van der Waals surface area contributed by atoms with Gasteiger partial charge in [-0.25, -0.2) is 4.98 Å². The molecule has 1 aliphatic heterocycles. The van der Waals surface area contributed by atoms with Crippen LogP contribution in [0.4, 0.5) is 0 Å². The smallest absolute Gasteiger partial charge is 0.270 e. The number of rotatable bonds is 6. The minimum atomic E-state index is -0.169. The van der Waals surface area contributed by atoms with Gasteiger partial charge in [0.15, 0.2) is 0 Å². The Labute approximate surface area is 116 Å². The van der Waals surface area contributed by atoms with Gasteiger partial charge in [0.2, 0.25) is 0 Å². The van der Waals surface area contributed by atoms with Crippen molar-refractivity contribution in [3.05, 3.63) is 16.1 Å². The van der Waals surface area contributed by atoms with Crippen molar-refractivity contribution in [3.8, 4) is 0 Å². The molecule has 2 rings (SSSR count). The predicted octanol–water partition coefficient (Wildman–Crippen LogP) is 0.0875. The molecule has 0 radical (unpaired) electrons. The van der Waals surface area contributed by atoms with Gasteiger partial charge in [-0.2, -0.15) is 0 Å². The van der Waals surface area contributed by atoms with E-state index in [0.717, 1.165) is 37.9 Å². The van der Waals surface area contributed by atoms with Gasteiger partial charge in [-0.1, -0.05) is 0 Å². The van der Waals surface area contributed by atoms with Crippen molar-refractivity contribution in [3.63, 3.8) is 0 Å². The van der Waals surface area contributed by atoms with E-state index in [4.69, 9.17) is 9.84 Å². The summed E-state index contributed by atoms with van der Waals surface area (Å²) in [5.74, 6) is -0.169. The van der Waals surface area contributed by atoms with Gasteiger partial charge in [-0.15, -0.1) is 11.3 Å². The third-order valence-corrected chi connectivity index (χ3v) is 3.70. The summed E-state index contributed by atoms with van der Waals surface area (Å²) in [6.45, 7) is 4.69. The van der Waals surface area contributed by atoms with Crippen LogP contribution in [0.3, 0.4) is 0 Å². The first-order valence-corrected chi connectivity index (χ1v) is 7.31. The van der Waals surface area contributed by atoms with Crippen LogP contribution < -0.4 is 5.32 Å². The van der Waals surface area contributed by atoms with Gasteiger partial charge >= 0.3 is 0 Å². The summed E-state index contributed by atoms with van der Waals surface area (Å²) < 4.78 is 5.29. The molecule has 1 fully saturated rings. The number of thiazole rings is 1. The lowest BCUT2D eigenvalue weighted by Gasteiger charge is -2.25. The summed E-state index contributed by atoms with van der Waals surface area (Å²) in [6, 6.07) is 0. The Hall–Kier alpha value is -1.02. The van der Waals surface area contributed by atoms with E-state index in [1.165, 1.54) is 11.3 Å². The largest absolute Gasteiger partial charge is 0.396 e. The fourth-order valence-electron chi connectivity index (χ4n) is 1.81. The number of nitrogens with zero attached hydrogens (tertiary/aromatic N) is 2. The van der Waals surface area contributed by atoms with Crippen molar-refractivity contribution >= 4 is 17.2 Å². The molecule has 0 bridgehead atoms. The van der Waals surface area contributed by atoms with E-state index in [1.54, 1.807) is 5.38 Å². The first kappa shape index (κ1) is 14.4. The standard InChI is InChI=1S/C12H19N3O3S/c16-5-1-2-13-12(17)10-9-19-11(14-10)8-15-3-6-18-7-4-15/h9,16H,1-8H2,(H,13,17). The van der Waals surface area contributed by atoms with E-state index < -0.39 is 0 Å². The Kier molecular flexibility index (Phi) is 5.71. The third kappa shape index (κ3) is 4.54. The molecule has 19 heavy (non-hydrogen) atoms. The van der Waals surface area contributed by atoms with Crippen LogP contribution in [0.15, 0.2) is 5.38 Å². The van der Waals surface area contributed by atoms with Gasteiger partial charge in [0.25, 0.3) is 5.91 Å². The average Bonchev–Trinajstić information content (AvgIpc) is 2.89. The number of carbonyl (C=O) groups excluding carboxylic acids is 1. The molecule has 0 unspecified atom stereocenters. The lowest BCUT2D eigenvalue weighted by molar-refractivity contribution is 0.0341. The maximum Gasteiger partial charge on any atom is 0.270 e. The highest BCUT2D eigenvalue weighted by molar-refractivity contribution is 7.09. The van der Waals surface area contributed by atoms with Crippen LogP contribution in [0.25, 0.3) is 0 Å². The molecule has 0 atom stereocenters. The highest BCUT2D eigenvalue weighted by Crippen LogP contribution is 2.13. The van der Waals surface area contributed by atoms with Crippen LogP contribution >= 0.6 is 11.3 Å². The number of aromatic nitrogens is 1. The second-order valence-electron chi connectivity index (χ2n) is 4.35. The van der Waals surface area contributed by atoms with E-state index in [9.17, 15) is 4.79 Å².